The zero-order valence-corrected chi connectivity index (χ0v) is 11.0. The van der Waals surface area contributed by atoms with E-state index in [4.69, 9.17) is 0 Å². The van der Waals surface area contributed by atoms with Crippen molar-refractivity contribution in [2.24, 2.45) is 0 Å². The third-order valence-electron chi connectivity index (χ3n) is 3.01. The summed E-state index contributed by atoms with van der Waals surface area (Å²) in [6, 6.07) is 9.23. The molecule has 1 amide bonds. The maximum Gasteiger partial charge on any atom is 0.259 e. The molecule has 0 radical (unpaired) electrons. The second-order valence-electron chi connectivity index (χ2n) is 4.32. The molecule has 1 aromatic heterocycles. The van der Waals surface area contributed by atoms with Gasteiger partial charge < -0.3 is 10.0 Å². The molecule has 4 nitrogen and oxygen atoms in total. The topological polar surface area (TPSA) is 53.4 Å². The zero-order valence-electron chi connectivity index (χ0n) is 11.0. The largest absolute Gasteiger partial charge is 0.506 e. The lowest BCUT2D eigenvalue weighted by molar-refractivity contribution is 0.0992. The lowest BCUT2D eigenvalue weighted by atomic mass is 10.1. The molecule has 2 rings (SSSR count). The number of anilines is 1. The molecule has 0 bridgehead atoms. The summed E-state index contributed by atoms with van der Waals surface area (Å²) in [6.07, 6.45) is 3.71. The Bertz CT molecular complexity index is 579. The highest BCUT2D eigenvalue weighted by Crippen LogP contribution is 2.18. The van der Waals surface area contributed by atoms with Crippen LogP contribution in [0.4, 0.5) is 5.69 Å². The van der Waals surface area contributed by atoms with Gasteiger partial charge in [-0.2, -0.15) is 0 Å². The summed E-state index contributed by atoms with van der Waals surface area (Å²) in [7, 11) is 1.70. The molecule has 1 heterocycles. The molecule has 0 aliphatic carbocycles. The molecule has 98 valence electrons. The molecular formula is C15H16N2O2. The van der Waals surface area contributed by atoms with E-state index in [-0.39, 0.29) is 11.7 Å². The van der Waals surface area contributed by atoms with Crippen LogP contribution in [0.3, 0.4) is 0 Å². The molecule has 0 unspecified atom stereocenters. The van der Waals surface area contributed by atoms with Gasteiger partial charge in [-0.15, -0.1) is 0 Å². The van der Waals surface area contributed by atoms with Crippen molar-refractivity contribution in [3.05, 3.63) is 53.9 Å². The smallest absolute Gasteiger partial charge is 0.259 e. The van der Waals surface area contributed by atoms with Gasteiger partial charge in [-0.05, 0) is 30.2 Å². The molecule has 1 N–H and O–H groups in total. The number of hydrogen-bond donors (Lipinski definition) is 1. The summed E-state index contributed by atoms with van der Waals surface area (Å²) >= 11 is 0. The van der Waals surface area contributed by atoms with Crippen LogP contribution in [0.1, 0.15) is 22.8 Å². The van der Waals surface area contributed by atoms with Crippen LogP contribution in [-0.4, -0.2) is 23.0 Å². The van der Waals surface area contributed by atoms with Crippen molar-refractivity contribution in [3.8, 4) is 5.75 Å². The van der Waals surface area contributed by atoms with Crippen molar-refractivity contribution in [2.45, 2.75) is 13.3 Å². The van der Waals surface area contributed by atoms with E-state index in [9.17, 15) is 9.90 Å². The number of benzene rings is 1. The second kappa shape index (κ2) is 5.52. The van der Waals surface area contributed by atoms with E-state index in [2.05, 4.69) is 11.9 Å². The molecule has 0 fully saturated rings. The molecule has 0 aliphatic heterocycles. The van der Waals surface area contributed by atoms with E-state index < -0.39 is 0 Å². The molecule has 2 aromatic rings. The molecule has 0 saturated heterocycles. The van der Waals surface area contributed by atoms with E-state index in [0.717, 1.165) is 12.1 Å². The maximum absolute atomic E-state index is 12.2. The lowest BCUT2D eigenvalue weighted by Crippen LogP contribution is -2.26. The maximum atomic E-state index is 12.2. The van der Waals surface area contributed by atoms with Gasteiger partial charge in [0.2, 0.25) is 0 Å². The first-order valence-corrected chi connectivity index (χ1v) is 6.13. The number of aromatic hydroxyl groups is 1. The van der Waals surface area contributed by atoms with Crippen molar-refractivity contribution in [3.63, 3.8) is 0 Å². The molecule has 1 aromatic carbocycles. The Balaban J connectivity index is 2.23. The Labute approximate surface area is 112 Å². The van der Waals surface area contributed by atoms with Gasteiger partial charge in [-0.3, -0.25) is 9.78 Å². The fourth-order valence-corrected chi connectivity index (χ4v) is 1.81. The number of carbonyl (C=O) groups is 1. The average Bonchev–Trinajstić information content (AvgIpc) is 2.46. The normalized spacial score (nSPS) is 10.2. The van der Waals surface area contributed by atoms with Gasteiger partial charge >= 0.3 is 0 Å². The number of pyridine rings is 1. The molecule has 0 aliphatic rings. The van der Waals surface area contributed by atoms with Gasteiger partial charge in [0.05, 0.1) is 11.8 Å². The summed E-state index contributed by atoms with van der Waals surface area (Å²) in [5.74, 6) is -0.215. The summed E-state index contributed by atoms with van der Waals surface area (Å²) in [5, 5.41) is 9.35. The van der Waals surface area contributed by atoms with Crippen molar-refractivity contribution < 1.29 is 9.90 Å². The van der Waals surface area contributed by atoms with E-state index in [1.807, 2.05) is 24.3 Å². The Kier molecular flexibility index (Phi) is 3.80. The van der Waals surface area contributed by atoms with Gasteiger partial charge in [0, 0.05) is 18.9 Å². The van der Waals surface area contributed by atoms with Gasteiger partial charge in [-0.1, -0.05) is 19.1 Å². The molecule has 19 heavy (non-hydrogen) atoms. The van der Waals surface area contributed by atoms with E-state index in [0.29, 0.717) is 5.56 Å². The number of aryl methyl sites for hydroxylation is 1. The number of hydrogen-bond acceptors (Lipinski definition) is 3. The van der Waals surface area contributed by atoms with E-state index in [1.165, 1.54) is 28.9 Å². The summed E-state index contributed by atoms with van der Waals surface area (Å²) in [4.78, 5) is 17.6. The SMILES string of the molecule is CCc1ccc(N(C)C(=O)c2cncc(O)c2)cc1. The monoisotopic (exact) mass is 256 g/mol. The summed E-state index contributed by atoms with van der Waals surface area (Å²) in [5.41, 5.74) is 2.40. The lowest BCUT2D eigenvalue weighted by Gasteiger charge is -2.17. The van der Waals surface area contributed by atoms with Crippen LogP contribution in [0.15, 0.2) is 42.7 Å². The first-order chi connectivity index (χ1) is 9.11. The zero-order chi connectivity index (χ0) is 13.8. The van der Waals surface area contributed by atoms with Gasteiger partial charge in [0.25, 0.3) is 5.91 Å². The fraction of sp³-hybridized carbons (Fsp3) is 0.200. The van der Waals surface area contributed by atoms with Gasteiger partial charge in [0.1, 0.15) is 5.75 Å². The number of rotatable bonds is 3. The van der Waals surface area contributed by atoms with Crippen molar-refractivity contribution in [2.75, 3.05) is 11.9 Å². The number of carbonyl (C=O) groups excluding carboxylic acids is 1. The van der Waals surface area contributed by atoms with E-state index >= 15 is 0 Å². The number of aromatic nitrogens is 1. The predicted molar refractivity (Wildman–Crippen MR) is 74.5 cm³/mol. The van der Waals surface area contributed by atoms with Crippen LogP contribution in [0.2, 0.25) is 0 Å². The molecule has 0 atom stereocenters. The van der Waals surface area contributed by atoms with Crippen molar-refractivity contribution in [1.82, 2.24) is 4.98 Å². The molecule has 0 saturated carbocycles. The number of nitrogens with zero attached hydrogens (tertiary/aromatic N) is 2. The van der Waals surface area contributed by atoms with Crippen LogP contribution in [-0.2, 0) is 6.42 Å². The van der Waals surface area contributed by atoms with Crippen LogP contribution in [0.25, 0.3) is 0 Å². The number of amides is 1. The first kappa shape index (κ1) is 13.1. The Morgan fingerprint density at radius 2 is 1.95 bits per heavy atom. The molecule has 4 heteroatoms. The highest BCUT2D eigenvalue weighted by Gasteiger charge is 2.14. The van der Waals surface area contributed by atoms with Gasteiger partial charge in [0.15, 0.2) is 0 Å². The van der Waals surface area contributed by atoms with Crippen LogP contribution in [0.5, 0.6) is 5.75 Å². The van der Waals surface area contributed by atoms with Gasteiger partial charge in [-0.25, -0.2) is 0 Å². The third-order valence-corrected chi connectivity index (χ3v) is 3.01. The Hall–Kier alpha value is -2.36. The minimum atomic E-state index is -0.201. The fourth-order valence-electron chi connectivity index (χ4n) is 1.81. The minimum absolute atomic E-state index is 0.0134. The van der Waals surface area contributed by atoms with Crippen molar-refractivity contribution >= 4 is 11.6 Å². The quantitative estimate of drug-likeness (QED) is 0.918. The molecular weight excluding hydrogens is 240 g/mol. The highest BCUT2D eigenvalue weighted by molar-refractivity contribution is 6.05. The minimum Gasteiger partial charge on any atom is -0.506 e. The van der Waals surface area contributed by atoms with Crippen LogP contribution in [0, 0.1) is 0 Å². The first-order valence-electron chi connectivity index (χ1n) is 6.13. The standard InChI is InChI=1S/C15H16N2O2/c1-3-11-4-6-13(7-5-11)17(2)15(19)12-8-14(18)10-16-9-12/h4-10,18H,3H2,1-2H3. The van der Waals surface area contributed by atoms with Crippen LogP contribution < -0.4 is 4.90 Å². The Morgan fingerprint density at radius 3 is 2.53 bits per heavy atom. The summed E-state index contributed by atoms with van der Waals surface area (Å²) < 4.78 is 0. The third kappa shape index (κ3) is 2.91. The Morgan fingerprint density at radius 1 is 1.26 bits per heavy atom. The van der Waals surface area contributed by atoms with E-state index in [1.54, 1.807) is 7.05 Å². The predicted octanol–water partition coefficient (Wildman–Crippen LogP) is 2.63. The van der Waals surface area contributed by atoms with Crippen molar-refractivity contribution in [1.29, 1.82) is 0 Å². The summed E-state index contributed by atoms with van der Waals surface area (Å²) in [6.45, 7) is 2.09. The highest BCUT2D eigenvalue weighted by atomic mass is 16.3. The average molecular weight is 256 g/mol. The van der Waals surface area contributed by atoms with Crippen LogP contribution >= 0.6 is 0 Å². The molecule has 0 spiro atoms. The second-order valence-corrected chi connectivity index (χ2v) is 4.32.